The fourth-order valence-corrected chi connectivity index (χ4v) is 1.43. The number of hydrogen-bond donors (Lipinski definition) is 0. The van der Waals surface area contributed by atoms with E-state index >= 15 is 0 Å². The third-order valence-corrected chi connectivity index (χ3v) is 2.07. The molecule has 0 aliphatic carbocycles. The van der Waals surface area contributed by atoms with Gasteiger partial charge in [-0.2, -0.15) is 0 Å². The van der Waals surface area contributed by atoms with Crippen molar-refractivity contribution < 1.29 is 0 Å². The molecule has 0 bridgehead atoms. The maximum absolute atomic E-state index is 5.96. The molecule has 4 heteroatoms. The lowest BCUT2D eigenvalue weighted by atomic mass is 10.1. The van der Waals surface area contributed by atoms with Crippen LogP contribution in [-0.2, 0) is 0 Å². The molecule has 0 aliphatic heterocycles. The average Bonchev–Trinajstić information content (AvgIpc) is 2.18. The number of alkyl halides is 3. The van der Waals surface area contributed by atoms with Crippen molar-refractivity contribution in [3.05, 3.63) is 47.5 Å². The number of hydrogen-bond acceptors (Lipinski definition) is 0. The van der Waals surface area contributed by atoms with E-state index in [1.807, 2.05) is 30.3 Å². The van der Waals surface area contributed by atoms with Crippen LogP contribution in [0.3, 0.4) is 0 Å². The highest BCUT2D eigenvalue weighted by atomic mass is 35.6. The molecule has 0 aliphatic rings. The smallest absolute Gasteiger partial charge is 0.0874 e. The van der Waals surface area contributed by atoms with E-state index in [2.05, 4.69) is 12.1 Å². The maximum atomic E-state index is 5.96. The van der Waals surface area contributed by atoms with Crippen LogP contribution in [0.1, 0.15) is 0 Å². The molecule has 0 amide bonds. The lowest BCUT2D eigenvalue weighted by Crippen LogP contribution is -1.70. The summed E-state index contributed by atoms with van der Waals surface area (Å²) in [5.41, 5.74) is 0. The van der Waals surface area contributed by atoms with E-state index in [9.17, 15) is 0 Å². The van der Waals surface area contributed by atoms with Crippen LogP contribution in [0, 0.1) is 0 Å². The molecule has 0 heterocycles. The molecule has 0 spiro atoms. The first kappa shape index (κ1) is 12.9. The van der Waals surface area contributed by atoms with E-state index in [4.69, 9.17) is 46.4 Å². The summed E-state index contributed by atoms with van der Waals surface area (Å²) in [6.07, 6.45) is 0. The largest absolute Gasteiger partial charge is 0.180 e. The Labute approximate surface area is 109 Å². The van der Waals surface area contributed by atoms with Crippen LogP contribution in [0.2, 0.25) is 5.02 Å². The molecule has 0 saturated carbocycles. The Morgan fingerprint density at radius 1 is 0.800 bits per heavy atom. The Balaban J connectivity index is 0.000000245. The van der Waals surface area contributed by atoms with Gasteiger partial charge in [-0.1, -0.05) is 82.8 Å². The summed E-state index contributed by atoms with van der Waals surface area (Å²) in [6, 6.07) is 14.0. The Kier molecular flexibility index (Phi) is 5.55. The summed E-state index contributed by atoms with van der Waals surface area (Å²) in [5, 5.41) is 3.14. The van der Waals surface area contributed by atoms with Crippen molar-refractivity contribution >= 4 is 57.2 Å². The first-order valence-electron chi connectivity index (χ1n) is 4.17. The second-order valence-electron chi connectivity index (χ2n) is 2.71. The highest BCUT2D eigenvalue weighted by Crippen LogP contribution is 2.21. The van der Waals surface area contributed by atoms with Gasteiger partial charge < -0.3 is 0 Å². The van der Waals surface area contributed by atoms with Crippen molar-refractivity contribution in [3.8, 4) is 0 Å². The summed E-state index contributed by atoms with van der Waals surface area (Å²) in [5.74, 6) is 0. The zero-order chi connectivity index (χ0) is 11.3. The first-order valence-corrected chi connectivity index (χ1v) is 5.85. The zero-order valence-electron chi connectivity index (χ0n) is 7.63. The highest BCUT2D eigenvalue weighted by Gasteiger charge is 1.93. The van der Waals surface area contributed by atoms with Crippen LogP contribution in [0.4, 0.5) is 0 Å². The first-order chi connectivity index (χ1) is 7.11. The number of halogens is 4. The maximum Gasteiger partial charge on any atom is 0.180 e. The molecule has 2 aromatic rings. The average molecular weight is 282 g/mol. The van der Waals surface area contributed by atoms with Crippen LogP contribution >= 0.6 is 46.4 Å². The third kappa shape index (κ3) is 4.48. The van der Waals surface area contributed by atoms with Crippen LogP contribution in [-0.4, -0.2) is 4.30 Å². The van der Waals surface area contributed by atoms with Crippen molar-refractivity contribution in [2.45, 2.75) is 4.30 Å². The SMILES string of the molecule is ClC(Cl)Cl.Clc1cccc2ccccc12. The molecule has 0 N–H and O–H groups in total. The third-order valence-electron chi connectivity index (χ3n) is 1.74. The Morgan fingerprint density at radius 2 is 1.33 bits per heavy atom. The van der Waals surface area contributed by atoms with E-state index in [1.165, 1.54) is 5.39 Å². The second kappa shape index (κ2) is 6.44. The van der Waals surface area contributed by atoms with Crippen LogP contribution in [0.25, 0.3) is 10.8 Å². The fourth-order valence-electron chi connectivity index (χ4n) is 1.19. The minimum absolute atomic E-state index is 0.750. The molecule has 15 heavy (non-hydrogen) atoms. The molecule has 0 radical (unpaired) electrons. The number of benzene rings is 2. The van der Waals surface area contributed by atoms with E-state index in [0.717, 1.165) is 10.4 Å². The molecule has 2 aromatic carbocycles. The summed E-state index contributed by atoms with van der Waals surface area (Å²) in [4.78, 5) is 0. The fraction of sp³-hybridized carbons (Fsp3) is 0.0909. The number of rotatable bonds is 0. The van der Waals surface area contributed by atoms with Gasteiger partial charge in [-0.05, 0) is 11.5 Å². The van der Waals surface area contributed by atoms with E-state index in [0.29, 0.717) is 0 Å². The predicted octanol–water partition coefficient (Wildman–Crippen LogP) is 5.48. The highest BCUT2D eigenvalue weighted by molar-refractivity contribution is 6.63. The number of fused-ring (bicyclic) bond motifs is 1. The lowest BCUT2D eigenvalue weighted by molar-refractivity contribution is 1.75. The summed E-state index contributed by atoms with van der Waals surface area (Å²) in [7, 11) is 0. The summed E-state index contributed by atoms with van der Waals surface area (Å²) >= 11 is 20.4. The van der Waals surface area contributed by atoms with Gasteiger partial charge in [-0.15, -0.1) is 0 Å². The van der Waals surface area contributed by atoms with Crippen molar-refractivity contribution in [1.29, 1.82) is 0 Å². The molecular formula is C11H8Cl4. The van der Waals surface area contributed by atoms with Gasteiger partial charge in [-0.3, -0.25) is 0 Å². The van der Waals surface area contributed by atoms with Gasteiger partial charge in [0.25, 0.3) is 0 Å². The van der Waals surface area contributed by atoms with Crippen LogP contribution in [0.15, 0.2) is 42.5 Å². The Hall–Kier alpha value is -0.140. The van der Waals surface area contributed by atoms with Crippen LogP contribution in [0.5, 0.6) is 0 Å². The monoisotopic (exact) mass is 280 g/mol. The normalized spacial score (nSPS) is 9.93. The van der Waals surface area contributed by atoms with E-state index in [-0.39, 0.29) is 0 Å². The molecule has 0 nitrogen and oxygen atoms in total. The van der Waals surface area contributed by atoms with Crippen molar-refractivity contribution in [2.24, 2.45) is 0 Å². The van der Waals surface area contributed by atoms with Gasteiger partial charge in [0.05, 0.1) is 0 Å². The Morgan fingerprint density at radius 3 is 1.93 bits per heavy atom. The molecule has 2 rings (SSSR count). The molecule has 80 valence electrons. The van der Waals surface area contributed by atoms with Gasteiger partial charge in [0, 0.05) is 10.4 Å². The van der Waals surface area contributed by atoms with Crippen molar-refractivity contribution in [2.75, 3.05) is 0 Å². The standard InChI is InChI=1S/C10H7Cl.CHCl3/c11-10-7-3-5-8-4-1-2-6-9(8)10;2-1(3)4/h1-7H;1H. The van der Waals surface area contributed by atoms with Crippen molar-refractivity contribution in [3.63, 3.8) is 0 Å². The van der Waals surface area contributed by atoms with E-state index < -0.39 is 4.30 Å². The summed E-state index contributed by atoms with van der Waals surface area (Å²) in [6.45, 7) is 0. The molecule has 0 saturated heterocycles. The van der Waals surface area contributed by atoms with Gasteiger partial charge >= 0.3 is 0 Å². The van der Waals surface area contributed by atoms with Crippen molar-refractivity contribution in [1.82, 2.24) is 0 Å². The Bertz CT molecular complexity index is 418. The van der Waals surface area contributed by atoms with Gasteiger partial charge in [-0.25, -0.2) is 0 Å². The lowest BCUT2D eigenvalue weighted by Gasteiger charge is -1.97. The minimum atomic E-state index is -0.750. The topological polar surface area (TPSA) is 0 Å². The van der Waals surface area contributed by atoms with E-state index in [1.54, 1.807) is 0 Å². The van der Waals surface area contributed by atoms with Gasteiger partial charge in [0.2, 0.25) is 0 Å². The molecular weight excluding hydrogens is 274 g/mol. The molecule has 0 unspecified atom stereocenters. The molecule has 0 atom stereocenters. The quantitative estimate of drug-likeness (QED) is 0.561. The second-order valence-corrected chi connectivity index (χ2v) is 5.10. The van der Waals surface area contributed by atoms with Gasteiger partial charge in [0.1, 0.15) is 0 Å². The summed E-state index contributed by atoms with van der Waals surface area (Å²) < 4.78 is -0.750. The van der Waals surface area contributed by atoms with Gasteiger partial charge in [0.15, 0.2) is 4.30 Å². The molecule has 0 fully saturated rings. The predicted molar refractivity (Wildman–Crippen MR) is 70.3 cm³/mol. The molecule has 0 aromatic heterocycles. The van der Waals surface area contributed by atoms with Crippen LogP contribution < -0.4 is 0 Å². The zero-order valence-corrected chi connectivity index (χ0v) is 10.7. The minimum Gasteiger partial charge on any atom is -0.0874 e.